The van der Waals surface area contributed by atoms with Gasteiger partial charge in [-0.3, -0.25) is 9.69 Å². The first-order valence-electron chi connectivity index (χ1n) is 5.92. The zero-order chi connectivity index (χ0) is 12.1. The molecule has 1 heterocycles. The Morgan fingerprint density at radius 2 is 2.18 bits per heavy atom. The molecule has 1 aliphatic heterocycles. The van der Waals surface area contributed by atoms with E-state index < -0.39 is 5.97 Å². The van der Waals surface area contributed by atoms with Crippen LogP contribution in [-0.2, 0) is 4.79 Å². The number of benzene rings is 1. The summed E-state index contributed by atoms with van der Waals surface area (Å²) in [6.45, 7) is 2.06. The molecule has 1 saturated heterocycles. The quantitative estimate of drug-likeness (QED) is 0.842. The third-order valence-corrected chi connectivity index (χ3v) is 3.04. The maximum atomic E-state index is 11.0. The minimum absolute atomic E-state index is 0.325. The van der Waals surface area contributed by atoms with Crippen LogP contribution in [0.3, 0.4) is 0 Å². The number of carbonyl (C=O) groups is 1. The fraction of sp³-hybridized carbons (Fsp3) is 0.462. The van der Waals surface area contributed by atoms with E-state index in [-0.39, 0.29) is 6.04 Å². The predicted octanol–water partition coefficient (Wildman–Crippen LogP) is 1.61. The predicted molar refractivity (Wildman–Crippen MR) is 64.2 cm³/mol. The highest BCUT2D eigenvalue weighted by Crippen LogP contribution is 2.17. The van der Waals surface area contributed by atoms with Crippen molar-refractivity contribution in [1.82, 2.24) is 4.90 Å². The van der Waals surface area contributed by atoms with Crippen LogP contribution in [0.2, 0.25) is 0 Å². The largest absolute Gasteiger partial charge is 0.492 e. The topological polar surface area (TPSA) is 49.8 Å². The van der Waals surface area contributed by atoms with Gasteiger partial charge in [0.05, 0.1) is 0 Å². The molecule has 1 N–H and O–H groups in total. The molecule has 0 bridgehead atoms. The summed E-state index contributed by atoms with van der Waals surface area (Å²) in [6, 6.07) is 9.26. The Morgan fingerprint density at radius 1 is 1.41 bits per heavy atom. The number of carboxylic acid groups (broad SMARTS) is 1. The number of nitrogens with zero attached hydrogens (tertiary/aromatic N) is 1. The Labute approximate surface area is 101 Å². The van der Waals surface area contributed by atoms with Crippen LogP contribution in [0, 0.1) is 0 Å². The minimum Gasteiger partial charge on any atom is -0.492 e. The molecule has 1 atom stereocenters. The fourth-order valence-electron chi connectivity index (χ4n) is 2.17. The molecule has 4 nitrogen and oxygen atoms in total. The van der Waals surface area contributed by atoms with Crippen LogP contribution in [0.25, 0.3) is 0 Å². The molecule has 0 aliphatic carbocycles. The summed E-state index contributed by atoms with van der Waals surface area (Å²) in [7, 11) is 0. The number of carboxylic acids is 1. The van der Waals surface area contributed by atoms with E-state index in [1.807, 2.05) is 35.2 Å². The standard InChI is InChI=1S/C13H17NO3/c15-13(16)12-7-4-8-14(12)9-10-17-11-5-2-1-3-6-11/h1-3,5-6,12H,4,7-10H2,(H,15,16). The van der Waals surface area contributed by atoms with Crippen molar-refractivity contribution in [2.75, 3.05) is 19.7 Å². The number of likely N-dealkylation sites (tertiary alicyclic amines) is 1. The van der Waals surface area contributed by atoms with Crippen LogP contribution in [0.1, 0.15) is 12.8 Å². The monoisotopic (exact) mass is 235 g/mol. The highest BCUT2D eigenvalue weighted by Gasteiger charge is 2.29. The Kier molecular flexibility index (Phi) is 3.98. The molecule has 17 heavy (non-hydrogen) atoms. The number of hydrogen-bond donors (Lipinski definition) is 1. The van der Waals surface area contributed by atoms with Gasteiger partial charge in [-0.15, -0.1) is 0 Å². The smallest absolute Gasteiger partial charge is 0.320 e. The van der Waals surface area contributed by atoms with Gasteiger partial charge in [-0.25, -0.2) is 0 Å². The highest BCUT2D eigenvalue weighted by atomic mass is 16.5. The average molecular weight is 235 g/mol. The molecule has 1 aromatic rings. The van der Waals surface area contributed by atoms with Gasteiger partial charge < -0.3 is 9.84 Å². The van der Waals surface area contributed by atoms with Crippen molar-refractivity contribution in [3.8, 4) is 5.75 Å². The van der Waals surface area contributed by atoms with Crippen LogP contribution in [0.4, 0.5) is 0 Å². The van der Waals surface area contributed by atoms with E-state index in [0.717, 1.165) is 25.1 Å². The zero-order valence-electron chi connectivity index (χ0n) is 9.71. The van der Waals surface area contributed by atoms with Gasteiger partial charge >= 0.3 is 5.97 Å². The molecule has 0 radical (unpaired) electrons. The summed E-state index contributed by atoms with van der Waals surface area (Å²) >= 11 is 0. The third kappa shape index (κ3) is 3.20. The average Bonchev–Trinajstić information content (AvgIpc) is 2.79. The van der Waals surface area contributed by atoms with Crippen molar-refractivity contribution >= 4 is 5.97 Å². The first-order chi connectivity index (χ1) is 8.27. The molecular formula is C13H17NO3. The molecule has 0 amide bonds. The molecule has 0 aromatic heterocycles. The van der Waals surface area contributed by atoms with Crippen LogP contribution in [-0.4, -0.2) is 41.7 Å². The van der Waals surface area contributed by atoms with Crippen LogP contribution in [0.15, 0.2) is 30.3 Å². The molecular weight excluding hydrogens is 218 g/mol. The van der Waals surface area contributed by atoms with E-state index in [4.69, 9.17) is 9.84 Å². The molecule has 1 fully saturated rings. The van der Waals surface area contributed by atoms with Crippen molar-refractivity contribution in [3.63, 3.8) is 0 Å². The highest BCUT2D eigenvalue weighted by molar-refractivity contribution is 5.73. The zero-order valence-corrected chi connectivity index (χ0v) is 9.71. The second-order valence-electron chi connectivity index (χ2n) is 4.19. The molecule has 4 heteroatoms. The van der Waals surface area contributed by atoms with Gasteiger partial charge in [0.2, 0.25) is 0 Å². The summed E-state index contributed by atoms with van der Waals surface area (Å²) in [6.07, 6.45) is 1.71. The Bertz CT molecular complexity index is 366. The van der Waals surface area contributed by atoms with Gasteiger partial charge in [0.25, 0.3) is 0 Å². The minimum atomic E-state index is -0.720. The lowest BCUT2D eigenvalue weighted by molar-refractivity contribution is -0.142. The van der Waals surface area contributed by atoms with Gasteiger partial charge in [0, 0.05) is 6.54 Å². The fourth-order valence-corrected chi connectivity index (χ4v) is 2.17. The first-order valence-corrected chi connectivity index (χ1v) is 5.92. The van der Waals surface area contributed by atoms with Gasteiger partial charge in [-0.05, 0) is 31.5 Å². The van der Waals surface area contributed by atoms with E-state index in [2.05, 4.69) is 0 Å². The number of rotatable bonds is 5. The van der Waals surface area contributed by atoms with E-state index in [0.29, 0.717) is 13.2 Å². The third-order valence-electron chi connectivity index (χ3n) is 3.04. The molecule has 1 unspecified atom stereocenters. The van der Waals surface area contributed by atoms with E-state index in [9.17, 15) is 4.79 Å². The maximum Gasteiger partial charge on any atom is 0.320 e. The van der Waals surface area contributed by atoms with E-state index in [1.54, 1.807) is 0 Å². The van der Waals surface area contributed by atoms with Crippen LogP contribution < -0.4 is 4.74 Å². The second kappa shape index (κ2) is 5.68. The van der Waals surface area contributed by atoms with Crippen molar-refractivity contribution in [3.05, 3.63) is 30.3 Å². The SMILES string of the molecule is O=C(O)C1CCCN1CCOc1ccccc1. The maximum absolute atomic E-state index is 11.0. The number of ether oxygens (including phenoxy) is 1. The van der Waals surface area contributed by atoms with Gasteiger partial charge in [0.15, 0.2) is 0 Å². The number of hydrogen-bond acceptors (Lipinski definition) is 3. The number of aliphatic carboxylic acids is 1. The first kappa shape index (κ1) is 11.9. The molecule has 0 saturated carbocycles. The van der Waals surface area contributed by atoms with Crippen molar-refractivity contribution in [1.29, 1.82) is 0 Å². The molecule has 1 aliphatic rings. The van der Waals surface area contributed by atoms with Crippen molar-refractivity contribution < 1.29 is 14.6 Å². The Morgan fingerprint density at radius 3 is 2.88 bits per heavy atom. The Balaban J connectivity index is 1.77. The summed E-state index contributed by atoms with van der Waals surface area (Å²) in [5.74, 6) is 0.112. The lowest BCUT2D eigenvalue weighted by Gasteiger charge is -2.20. The van der Waals surface area contributed by atoms with Gasteiger partial charge in [-0.2, -0.15) is 0 Å². The lowest BCUT2D eigenvalue weighted by Crippen LogP contribution is -2.38. The number of para-hydroxylation sites is 1. The van der Waals surface area contributed by atoms with Gasteiger partial charge in [0.1, 0.15) is 18.4 Å². The molecule has 2 rings (SSSR count). The Hall–Kier alpha value is -1.55. The normalized spacial score (nSPS) is 20.4. The van der Waals surface area contributed by atoms with Crippen LogP contribution in [0.5, 0.6) is 5.75 Å². The van der Waals surface area contributed by atoms with E-state index in [1.165, 1.54) is 0 Å². The summed E-state index contributed by atoms with van der Waals surface area (Å²) in [4.78, 5) is 12.9. The lowest BCUT2D eigenvalue weighted by atomic mass is 10.2. The summed E-state index contributed by atoms with van der Waals surface area (Å²) in [5, 5.41) is 9.02. The van der Waals surface area contributed by atoms with Crippen LogP contribution >= 0.6 is 0 Å². The summed E-state index contributed by atoms with van der Waals surface area (Å²) in [5.41, 5.74) is 0. The van der Waals surface area contributed by atoms with Crippen molar-refractivity contribution in [2.24, 2.45) is 0 Å². The molecule has 0 spiro atoms. The molecule has 1 aromatic carbocycles. The van der Waals surface area contributed by atoms with Gasteiger partial charge in [-0.1, -0.05) is 18.2 Å². The summed E-state index contributed by atoms with van der Waals surface area (Å²) < 4.78 is 5.56. The van der Waals surface area contributed by atoms with E-state index >= 15 is 0 Å². The molecule has 92 valence electrons. The van der Waals surface area contributed by atoms with Crippen molar-refractivity contribution in [2.45, 2.75) is 18.9 Å². The second-order valence-corrected chi connectivity index (χ2v) is 4.19.